The minimum Gasteiger partial charge on any atom is -0.479 e. The highest BCUT2D eigenvalue weighted by Crippen LogP contribution is 2.57. The SMILES string of the molecule is COCO[C@](C)(CCC[C@@H](C)[C@H]1CCC2C(=O)CCC[C@]21C)C(=O)O. The van der Waals surface area contributed by atoms with Gasteiger partial charge in [0.1, 0.15) is 12.6 Å². The first-order valence-corrected chi connectivity index (χ1v) is 9.63. The third-order valence-corrected chi connectivity index (χ3v) is 6.88. The van der Waals surface area contributed by atoms with Crippen molar-refractivity contribution in [3.05, 3.63) is 0 Å². The molecule has 144 valence electrons. The van der Waals surface area contributed by atoms with E-state index in [2.05, 4.69) is 13.8 Å². The summed E-state index contributed by atoms with van der Waals surface area (Å²) in [6, 6.07) is 0. The van der Waals surface area contributed by atoms with Gasteiger partial charge >= 0.3 is 5.97 Å². The summed E-state index contributed by atoms with van der Waals surface area (Å²) in [5.41, 5.74) is -1.05. The summed E-state index contributed by atoms with van der Waals surface area (Å²) in [7, 11) is 1.49. The Morgan fingerprint density at radius 3 is 2.80 bits per heavy atom. The lowest BCUT2D eigenvalue weighted by Gasteiger charge is -2.42. The average molecular weight is 354 g/mol. The number of hydrogen-bond acceptors (Lipinski definition) is 4. The van der Waals surface area contributed by atoms with Crippen LogP contribution in [0.1, 0.15) is 72.1 Å². The van der Waals surface area contributed by atoms with Crippen LogP contribution < -0.4 is 0 Å². The smallest absolute Gasteiger partial charge is 0.335 e. The predicted molar refractivity (Wildman–Crippen MR) is 95.2 cm³/mol. The molecule has 2 rings (SSSR count). The molecule has 1 N–H and O–H groups in total. The number of carboxylic acids is 1. The maximum Gasteiger partial charge on any atom is 0.335 e. The molecule has 0 aromatic heterocycles. The van der Waals surface area contributed by atoms with Crippen LogP contribution in [-0.2, 0) is 19.1 Å². The van der Waals surface area contributed by atoms with Gasteiger partial charge in [0.2, 0.25) is 0 Å². The second-order valence-electron chi connectivity index (χ2n) is 8.52. The molecule has 25 heavy (non-hydrogen) atoms. The van der Waals surface area contributed by atoms with Crippen molar-refractivity contribution in [1.29, 1.82) is 0 Å². The number of carboxylic acid groups (broad SMARTS) is 1. The van der Waals surface area contributed by atoms with Gasteiger partial charge in [-0.25, -0.2) is 4.79 Å². The summed E-state index contributed by atoms with van der Waals surface area (Å²) in [5.74, 6) is 0.847. The Morgan fingerprint density at radius 2 is 2.16 bits per heavy atom. The zero-order valence-corrected chi connectivity index (χ0v) is 16.2. The van der Waals surface area contributed by atoms with E-state index in [0.717, 1.165) is 44.9 Å². The van der Waals surface area contributed by atoms with Gasteiger partial charge in [0, 0.05) is 19.4 Å². The maximum absolute atomic E-state index is 12.3. The molecule has 0 aromatic rings. The molecule has 0 aromatic carbocycles. The first kappa shape index (κ1) is 20.4. The van der Waals surface area contributed by atoms with Crippen LogP contribution in [0.4, 0.5) is 0 Å². The lowest BCUT2D eigenvalue weighted by Crippen LogP contribution is -2.40. The predicted octanol–water partition coefficient (Wildman–Crippen LogP) is 4.04. The van der Waals surface area contributed by atoms with Gasteiger partial charge in [-0.3, -0.25) is 4.79 Å². The molecule has 0 amide bonds. The van der Waals surface area contributed by atoms with Crippen LogP contribution in [0.3, 0.4) is 0 Å². The molecule has 5 heteroatoms. The van der Waals surface area contributed by atoms with Gasteiger partial charge in [-0.15, -0.1) is 0 Å². The van der Waals surface area contributed by atoms with Crippen LogP contribution in [0.25, 0.3) is 0 Å². The fourth-order valence-electron chi connectivity index (χ4n) is 5.30. The number of rotatable bonds is 9. The summed E-state index contributed by atoms with van der Waals surface area (Å²) >= 11 is 0. The molecule has 5 atom stereocenters. The lowest BCUT2D eigenvalue weighted by molar-refractivity contribution is -0.180. The van der Waals surface area contributed by atoms with Gasteiger partial charge in [0.05, 0.1) is 0 Å². The molecule has 0 radical (unpaired) electrons. The van der Waals surface area contributed by atoms with Gasteiger partial charge in [-0.05, 0) is 62.7 Å². The maximum atomic E-state index is 12.3. The van der Waals surface area contributed by atoms with Crippen LogP contribution in [0.2, 0.25) is 0 Å². The molecule has 0 aliphatic heterocycles. The van der Waals surface area contributed by atoms with Crippen molar-refractivity contribution in [3.8, 4) is 0 Å². The highest BCUT2D eigenvalue weighted by atomic mass is 16.7. The largest absolute Gasteiger partial charge is 0.479 e. The normalized spacial score (nSPS) is 32.9. The number of ketones is 1. The van der Waals surface area contributed by atoms with Crippen LogP contribution in [0.15, 0.2) is 0 Å². The zero-order valence-electron chi connectivity index (χ0n) is 16.2. The summed E-state index contributed by atoms with van der Waals surface area (Å²) < 4.78 is 10.3. The second-order valence-corrected chi connectivity index (χ2v) is 8.52. The van der Waals surface area contributed by atoms with Gasteiger partial charge in [0.25, 0.3) is 0 Å². The minimum atomic E-state index is -1.20. The van der Waals surface area contributed by atoms with Gasteiger partial charge in [-0.1, -0.05) is 20.3 Å². The van der Waals surface area contributed by atoms with E-state index in [0.29, 0.717) is 24.0 Å². The van der Waals surface area contributed by atoms with E-state index in [-0.39, 0.29) is 18.1 Å². The van der Waals surface area contributed by atoms with Crippen LogP contribution in [-0.4, -0.2) is 36.4 Å². The van der Waals surface area contributed by atoms with Crippen molar-refractivity contribution in [2.24, 2.45) is 23.2 Å². The summed E-state index contributed by atoms with van der Waals surface area (Å²) in [5, 5.41) is 9.44. The Bertz CT molecular complexity index is 490. The fraction of sp³-hybridized carbons (Fsp3) is 0.900. The molecule has 5 nitrogen and oxygen atoms in total. The Kier molecular flexibility index (Phi) is 6.66. The zero-order chi connectivity index (χ0) is 18.7. The highest BCUT2D eigenvalue weighted by Gasteiger charge is 2.52. The number of aliphatic carboxylic acids is 1. The van der Waals surface area contributed by atoms with Crippen molar-refractivity contribution in [3.63, 3.8) is 0 Å². The Hall–Kier alpha value is -0.940. The highest BCUT2D eigenvalue weighted by molar-refractivity contribution is 5.83. The molecule has 0 saturated heterocycles. The molecule has 0 bridgehead atoms. The number of ether oxygens (including phenoxy) is 2. The number of Topliss-reactive ketones (excluding diaryl/α,β-unsaturated/α-hetero) is 1. The van der Waals surface area contributed by atoms with Crippen molar-refractivity contribution in [2.45, 2.75) is 77.7 Å². The number of carbonyl (C=O) groups is 2. The van der Waals surface area contributed by atoms with Gasteiger partial charge in [0.15, 0.2) is 5.60 Å². The molecule has 0 spiro atoms. The molecule has 2 aliphatic carbocycles. The van der Waals surface area contributed by atoms with E-state index in [1.807, 2.05) is 0 Å². The van der Waals surface area contributed by atoms with Crippen LogP contribution in [0.5, 0.6) is 0 Å². The van der Waals surface area contributed by atoms with E-state index in [4.69, 9.17) is 9.47 Å². The number of carbonyl (C=O) groups excluding carboxylic acids is 1. The van der Waals surface area contributed by atoms with Crippen molar-refractivity contribution >= 4 is 11.8 Å². The molecular weight excluding hydrogens is 320 g/mol. The first-order chi connectivity index (χ1) is 11.7. The molecule has 1 unspecified atom stereocenters. The van der Waals surface area contributed by atoms with Crippen LogP contribution in [0, 0.1) is 23.2 Å². The van der Waals surface area contributed by atoms with E-state index >= 15 is 0 Å². The monoisotopic (exact) mass is 354 g/mol. The second kappa shape index (κ2) is 8.17. The minimum absolute atomic E-state index is 0.0111. The quantitative estimate of drug-likeness (QED) is 0.633. The topological polar surface area (TPSA) is 72.8 Å². The van der Waals surface area contributed by atoms with E-state index < -0.39 is 11.6 Å². The van der Waals surface area contributed by atoms with Crippen molar-refractivity contribution in [1.82, 2.24) is 0 Å². The molecule has 0 heterocycles. The third-order valence-electron chi connectivity index (χ3n) is 6.88. The van der Waals surface area contributed by atoms with Gasteiger partial charge in [-0.2, -0.15) is 0 Å². The molecule has 2 fully saturated rings. The molecule has 2 aliphatic rings. The Labute approximate surface area is 151 Å². The summed E-state index contributed by atoms with van der Waals surface area (Å²) in [6.45, 7) is 6.19. The average Bonchev–Trinajstić information content (AvgIpc) is 2.91. The van der Waals surface area contributed by atoms with Crippen molar-refractivity contribution in [2.75, 3.05) is 13.9 Å². The molecule has 2 saturated carbocycles. The Morgan fingerprint density at radius 1 is 1.44 bits per heavy atom. The Balaban J connectivity index is 1.90. The van der Waals surface area contributed by atoms with E-state index in [1.165, 1.54) is 7.11 Å². The van der Waals surface area contributed by atoms with Crippen LogP contribution >= 0.6 is 0 Å². The first-order valence-electron chi connectivity index (χ1n) is 9.63. The fourth-order valence-corrected chi connectivity index (χ4v) is 5.30. The lowest BCUT2D eigenvalue weighted by atomic mass is 9.62. The number of hydrogen-bond donors (Lipinski definition) is 1. The van der Waals surface area contributed by atoms with E-state index in [9.17, 15) is 14.7 Å². The number of fused-ring (bicyclic) bond motifs is 1. The summed E-state index contributed by atoms with van der Waals surface area (Å²) in [6.07, 6.45) is 7.36. The third kappa shape index (κ3) is 4.25. The summed E-state index contributed by atoms with van der Waals surface area (Å²) in [4.78, 5) is 23.8. The van der Waals surface area contributed by atoms with E-state index in [1.54, 1.807) is 6.92 Å². The standard InChI is InChI=1S/C20H34O5/c1-14(7-5-12-20(3,18(22)23)25-13-24-4)15-9-10-16-17(21)8-6-11-19(15,16)2/h14-16H,5-13H2,1-4H3,(H,22,23)/t14-,15-,16?,19+,20-/m1/s1. The molecular formula is C20H34O5. The number of methoxy groups -OCH3 is 1. The van der Waals surface area contributed by atoms with Gasteiger partial charge < -0.3 is 14.6 Å². The van der Waals surface area contributed by atoms with Crippen molar-refractivity contribution < 1.29 is 24.2 Å².